The molecule has 0 fully saturated rings. The number of carbonyl (C=O) groups is 1. The van der Waals surface area contributed by atoms with Gasteiger partial charge in [-0.2, -0.15) is 0 Å². The van der Waals surface area contributed by atoms with Gasteiger partial charge in [-0.05, 0) is 48.7 Å². The third-order valence-corrected chi connectivity index (χ3v) is 5.63. The molecule has 1 N–H and O–H groups in total. The van der Waals surface area contributed by atoms with Crippen LogP contribution in [0, 0.1) is 13.8 Å². The molecule has 0 unspecified atom stereocenters. The predicted octanol–water partition coefficient (Wildman–Crippen LogP) is 4.85. The molecule has 2 heterocycles. The first-order valence-corrected chi connectivity index (χ1v) is 9.49. The van der Waals surface area contributed by atoms with Crippen molar-refractivity contribution in [2.45, 2.75) is 20.3 Å². The van der Waals surface area contributed by atoms with Crippen LogP contribution in [0.15, 0.2) is 45.6 Å². The lowest BCUT2D eigenvalue weighted by atomic mass is 10.0. The van der Waals surface area contributed by atoms with Gasteiger partial charge in [0.05, 0.1) is 16.6 Å². The number of aryl methyl sites for hydroxylation is 2. The Kier molecular flexibility index (Phi) is 4.45. The van der Waals surface area contributed by atoms with E-state index in [4.69, 9.17) is 16.0 Å². The van der Waals surface area contributed by atoms with E-state index in [0.717, 1.165) is 26.7 Å². The predicted molar refractivity (Wildman–Crippen MR) is 109 cm³/mol. The monoisotopic (exact) mass is 398 g/mol. The Bertz CT molecular complexity index is 1260. The van der Waals surface area contributed by atoms with E-state index < -0.39 is 5.63 Å². The number of anilines is 1. The van der Waals surface area contributed by atoms with Crippen molar-refractivity contribution >= 4 is 55.2 Å². The zero-order valence-corrected chi connectivity index (χ0v) is 16.2. The molecule has 27 heavy (non-hydrogen) atoms. The number of nitrogens with one attached hydrogen (secondary N) is 1. The Labute approximate surface area is 163 Å². The van der Waals surface area contributed by atoms with Gasteiger partial charge >= 0.3 is 5.63 Å². The fourth-order valence-electron chi connectivity index (χ4n) is 2.96. The number of hydrogen-bond acceptors (Lipinski definition) is 5. The van der Waals surface area contributed by atoms with Crippen LogP contribution in [0.2, 0.25) is 5.02 Å². The van der Waals surface area contributed by atoms with Crippen LogP contribution in [0.4, 0.5) is 5.13 Å². The van der Waals surface area contributed by atoms with Gasteiger partial charge < -0.3 is 9.73 Å². The topological polar surface area (TPSA) is 72.2 Å². The highest BCUT2D eigenvalue weighted by atomic mass is 35.5. The molecule has 0 saturated carbocycles. The second-order valence-corrected chi connectivity index (χ2v) is 7.80. The molecule has 7 heteroatoms. The first-order valence-electron chi connectivity index (χ1n) is 8.29. The van der Waals surface area contributed by atoms with Gasteiger partial charge in [0.1, 0.15) is 5.58 Å². The summed E-state index contributed by atoms with van der Waals surface area (Å²) in [5.74, 6) is -0.245. The lowest BCUT2D eigenvalue weighted by Crippen LogP contribution is -2.15. The molecule has 4 rings (SSSR count). The summed E-state index contributed by atoms with van der Waals surface area (Å²) >= 11 is 7.34. The fourth-order valence-corrected chi connectivity index (χ4v) is 4.12. The molecular formula is C20H15ClN2O3S. The van der Waals surface area contributed by atoms with Crippen molar-refractivity contribution in [1.82, 2.24) is 4.98 Å². The molecule has 136 valence electrons. The van der Waals surface area contributed by atoms with Crippen LogP contribution in [0.5, 0.6) is 0 Å². The molecule has 0 radical (unpaired) electrons. The van der Waals surface area contributed by atoms with E-state index in [1.54, 1.807) is 6.07 Å². The van der Waals surface area contributed by atoms with Crippen molar-refractivity contribution in [3.8, 4) is 0 Å². The highest BCUT2D eigenvalue weighted by molar-refractivity contribution is 7.22. The number of nitrogens with zero attached hydrogens (tertiary/aromatic N) is 1. The number of amides is 1. The molecular weight excluding hydrogens is 384 g/mol. The van der Waals surface area contributed by atoms with Crippen molar-refractivity contribution in [3.05, 3.63) is 68.5 Å². The molecule has 0 spiro atoms. The minimum absolute atomic E-state index is 0.0568. The molecule has 2 aromatic carbocycles. The van der Waals surface area contributed by atoms with Gasteiger partial charge in [-0.25, -0.2) is 9.78 Å². The Hall–Kier alpha value is -2.70. The van der Waals surface area contributed by atoms with Crippen LogP contribution < -0.4 is 10.9 Å². The number of thiazole rings is 1. The number of aromatic nitrogens is 1. The van der Waals surface area contributed by atoms with Crippen molar-refractivity contribution < 1.29 is 9.21 Å². The maximum absolute atomic E-state index is 12.5. The Morgan fingerprint density at radius 2 is 2.04 bits per heavy atom. The standard InChI is InChI=1S/C20H15ClN2O3S/c1-10-3-5-14-12(8-18(25)26-19(14)11(10)2)7-17(24)23-20-22-15-6-4-13(21)9-16(15)27-20/h3-6,8-9H,7H2,1-2H3,(H,22,23,24). The first-order chi connectivity index (χ1) is 12.9. The van der Waals surface area contributed by atoms with Gasteiger partial charge in [0.25, 0.3) is 0 Å². The van der Waals surface area contributed by atoms with E-state index in [9.17, 15) is 9.59 Å². The molecule has 5 nitrogen and oxygen atoms in total. The highest BCUT2D eigenvalue weighted by Crippen LogP contribution is 2.29. The first kappa shape index (κ1) is 17.7. The Balaban J connectivity index is 1.64. The van der Waals surface area contributed by atoms with Crippen LogP contribution in [0.3, 0.4) is 0 Å². The lowest BCUT2D eigenvalue weighted by Gasteiger charge is -2.08. The third kappa shape index (κ3) is 3.46. The number of rotatable bonds is 3. The van der Waals surface area contributed by atoms with Crippen molar-refractivity contribution in [3.63, 3.8) is 0 Å². The summed E-state index contributed by atoms with van der Waals surface area (Å²) in [7, 11) is 0. The maximum atomic E-state index is 12.5. The summed E-state index contributed by atoms with van der Waals surface area (Å²) in [5, 5.41) is 4.69. The smallest absolute Gasteiger partial charge is 0.336 e. The van der Waals surface area contributed by atoms with Gasteiger partial charge in [0.2, 0.25) is 5.91 Å². The SMILES string of the molecule is Cc1ccc2c(CC(=O)Nc3nc4ccc(Cl)cc4s3)cc(=O)oc2c1C. The lowest BCUT2D eigenvalue weighted by molar-refractivity contribution is -0.115. The Morgan fingerprint density at radius 3 is 2.85 bits per heavy atom. The summed E-state index contributed by atoms with van der Waals surface area (Å²) in [6, 6.07) is 10.6. The molecule has 2 aromatic heterocycles. The van der Waals surface area contributed by atoms with Crippen LogP contribution in [0.1, 0.15) is 16.7 Å². The zero-order valence-electron chi connectivity index (χ0n) is 14.6. The second-order valence-electron chi connectivity index (χ2n) is 6.33. The van der Waals surface area contributed by atoms with E-state index in [1.807, 2.05) is 38.1 Å². The van der Waals surface area contributed by atoms with E-state index in [0.29, 0.717) is 21.3 Å². The van der Waals surface area contributed by atoms with Crippen molar-refractivity contribution in [2.24, 2.45) is 0 Å². The number of benzene rings is 2. The van der Waals surface area contributed by atoms with Gasteiger partial charge in [0, 0.05) is 16.5 Å². The van der Waals surface area contributed by atoms with Crippen LogP contribution in [0.25, 0.3) is 21.2 Å². The van der Waals surface area contributed by atoms with Gasteiger partial charge in [0.15, 0.2) is 5.13 Å². The van der Waals surface area contributed by atoms with Gasteiger partial charge in [-0.3, -0.25) is 4.79 Å². The summed E-state index contributed by atoms with van der Waals surface area (Å²) in [4.78, 5) is 28.9. The molecule has 0 aliphatic carbocycles. The largest absolute Gasteiger partial charge is 0.422 e. The second kappa shape index (κ2) is 6.79. The van der Waals surface area contributed by atoms with E-state index in [1.165, 1.54) is 17.4 Å². The van der Waals surface area contributed by atoms with E-state index in [2.05, 4.69) is 10.3 Å². The zero-order chi connectivity index (χ0) is 19.1. The summed E-state index contributed by atoms with van der Waals surface area (Å²) in [5.41, 5.74) is 3.39. The third-order valence-electron chi connectivity index (χ3n) is 4.47. The van der Waals surface area contributed by atoms with Crippen LogP contribution in [-0.2, 0) is 11.2 Å². The molecule has 1 amide bonds. The van der Waals surface area contributed by atoms with E-state index in [-0.39, 0.29) is 12.3 Å². The summed E-state index contributed by atoms with van der Waals surface area (Å²) in [6.07, 6.45) is 0.0568. The van der Waals surface area contributed by atoms with Crippen LogP contribution >= 0.6 is 22.9 Å². The Morgan fingerprint density at radius 1 is 1.22 bits per heavy atom. The number of halogens is 1. The molecule has 0 aliphatic heterocycles. The number of hydrogen-bond donors (Lipinski definition) is 1. The molecule has 0 saturated heterocycles. The quantitative estimate of drug-likeness (QED) is 0.500. The van der Waals surface area contributed by atoms with Crippen molar-refractivity contribution in [1.29, 1.82) is 0 Å². The van der Waals surface area contributed by atoms with Crippen LogP contribution in [-0.4, -0.2) is 10.9 Å². The molecule has 4 aromatic rings. The summed E-state index contributed by atoms with van der Waals surface area (Å²) in [6.45, 7) is 3.85. The number of fused-ring (bicyclic) bond motifs is 2. The number of carbonyl (C=O) groups excluding carboxylic acids is 1. The molecule has 0 bridgehead atoms. The molecule has 0 atom stereocenters. The van der Waals surface area contributed by atoms with Crippen molar-refractivity contribution in [2.75, 3.05) is 5.32 Å². The average molecular weight is 399 g/mol. The summed E-state index contributed by atoms with van der Waals surface area (Å²) < 4.78 is 6.25. The normalized spacial score (nSPS) is 11.2. The fraction of sp³-hybridized carbons (Fsp3) is 0.150. The van der Waals surface area contributed by atoms with Gasteiger partial charge in [-0.15, -0.1) is 0 Å². The van der Waals surface area contributed by atoms with Gasteiger partial charge in [-0.1, -0.05) is 35.1 Å². The van der Waals surface area contributed by atoms with E-state index >= 15 is 0 Å². The highest BCUT2D eigenvalue weighted by Gasteiger charge is 2.14. The maximum Gasteiger partial charge on any atom is 0.336 e. The minimum atomic E-state index is -0.464. The average Bonchev–Trinajstić information content (AvgIpc) is 2.99. The molecule has 0 aliphatic rings. The minimum Gasteiger partial charge on any atom is -0.422 e.